The summed E-state index contributed by atoms with van der Waals surface area (Å²) in [4.78, 5) is 0. The standard InChI is InChI=1S/C12H13F2NO.C2H6/c1-6-7(2)15(3)12-8(13)5-9(16-4)11(14)10(6)12;1-2/h5H,1-4H3;1-2H3. The second-order valence-corrected chi connectivity index (χ2v) is 3.87. The van der Waals surface area contributed by atoms with E-state index >= 15 is 0 Å². The van der Waals surface area contributed by atoms with Crippen LogP contribution in [0.25, 0.3) is 10.9 Å². The number of aryl methyl sites for hydroxylation is 2. The lowest BCUT2D eigenvalue weighted by Crippen LogP contribution is -1.95. The Hall–Kier alpha value is -1.58. The van der Waals surface area contributed by atoms with Crippen LogP contribution in [0.4, 0.5) is 8.78 Å². The van der Waals surface area contributed by atoms with Gasteiger partial charge in [-0.05, 0) is 19.4 Å². The highest BCUT2D eigenvalue weighted by molar-refractivity contribution is 5.87. The van der Waals surface area contributed by atoms with Crippen molar-refractivity contribution in [1.82, 2.24) is 4.57 Å². The Morgan fingerprint density at radius 2 is 1.72 bits per heavy atom. The first-order chi connectivity index (χ1) is 8.49. The second-order valence-electron chi connectivity index (χ2n) is 3.87. The van der Waals surface area contributed by atoms with Crippen LogP contribution in [0.3, 0.4) is 0 Å². The third-order valence-corrected chi connectivity index (χ3v) is 3.13. The van der Waals surface area contributed by atoms with Gasteiger partial charge < -0.3 is 9.30 Å². The molecule has 0 saturated carbocycles. The van der Waals surface area contributed by atoms with Gasteiger partial charge in [0.05, 0.1) is 12.6 Å². The highest BCUT2D eigenvalue weighted by Gasteiger charge is 2.20. The summed E-state index contributed by atoms with van der Waals surface area (Å²) in [5.74, 6) is -1.02. The van der Waals surface area contributed by atoms with Crippen molar-refractivity contribution >= 4 is 10.9 Å². The van der Waals surface area contributed by atoms with Gasteiger partial charge in [0.25, 0.3) is 0 Å². The second kappa shape index (κ2) is 5.38. The van der Waals surface area contributed by atoms with Crippen molar-refractivity contribution in [3.63, 3.8) is 0 Å². The van der Waals surface area contributed by atoms with E-state index in [1.165, 1.54) is 7.11 Å². The molecule has 1 aromatic heterocycles. The summed E-state index contributed by atoms with van der Waals surface area (Å²) >= 11 is 0. The van der Waals surface area contributed by atoms with E-state index in [1.807, 2.05) is 20.8 Å². The first-order valence-corrected chi connectivity index (χ1v) is 5.96. The summed E-state index contributed by atoms with van der Waals surface area (Å²) in [5.41, 5.74) is 1.88. The lowest BCUT2D eigenvalue weighted by Gasteiger charge is -2.05. The monoisotopic (exact) mass is 255 g/mol. The molecule has 0 bridgehead atoms. The summed E-state index contributed by atoms with van der Waals surface area (Å²) in [6.07, 6.45) is 0. The largest absolute Gasteiger partial charge is 0.494 e. The maximum absolute atomic E-state index is 14.0. The number of rotatable bonds is 1. The Morgan fingerprint density at radius 3 is 2.22 bits per heavy atom. The molecule has 18 heavy (non-hydrogen) atoms. The van der Waals surface area contributed by atoms with Gasteiger partial charge in [0.15, 0.2) is 17.4 Å². The van der Waals surface area contributed by atoms with Crippen molar-refractivity contribution in [2.24, 2.45) is 7.05 Å². The van der Waals surface area contributed by atoms with Crippen LogP contribution in [-0.4, -0.2) is 11.7 Å². The predicted octanol–water partition coefficient (Wildman–Crippen LogP) is 4.11. The van der Waals surface area contributed by atoms with Gasteiger partial charge in [-0.15, -0.1) is 0 Å². The van der Waals surface area contributed by atoms with Crippen molar-refractivity contribution < 1.29 is 13.5 Å². The molecule has 0 fully saturated rings. The van der Waals surface area contributed by atoms with Crippen molar-refractivity contribution in [3.05, 3.63) is 29.0 Å². The lowest BCUT2D eigenvalue weighted by atomic mass is 10.1. The van der Waals surface area contributed by atoms with E-state index in [0.29, 0.717) is 5.39 Å². The number of hydrogen-bond acceptors (Lipinski definition) is 1. The Balaban J connectivity index is 0.000000771. The third kappa shape index (κ3) is 1.96. The van der Waals surface area contributed by atoms with Gasteiger partial charge in [0.2, 0.25) is 0 Å². The molecule has 2 nitrogen and oxygen atoms in total. The van der Waals surface area contributed by atoms with Crippen LogP contribution in [0.1, 0.15) is 25.1 Å². The fourth-order valence-corrected chi connectivity index (χ4v) is 2.01. The zero-order valence-electron chi connectivity index (χ0n) is 11.7. The van der Waals surface area contributed by atoms with E-state index in [2.05, 4.69) is 0 Å². The molecule has 0 spiro atoms. The van der Waals surface area contributed by atoms with Crippen LogP contribution in [0.15, 0.2) is 6.07 Å². The third-order valence-electron chi connectivity index (χ3n) is 3.13. The molecule has 0 unspecified atom stereocenters. The number of aromatic nitrogens is 1. The van der Waals surface area contributed by atoms with Crippen molar-refractivity contribution in [1.29, 1.82) is 0 Å². The Kier molecular flexibility index (Phi) is 4.33. The van der Waals surface area contributed by atoms with Gasteiger partial charge in [0, 0.05) is 24.2 Å². The molecule has 0 aliphatic heterocycles. The highest BCUT2D eigenvalue weighted by atomic mass is 19.1. The van der Waals surface area contributed by atoms with Gasteiger partial charge in [-0.1, -0.05) is 13.8 Å². The van der Waals surface area contributed by atoms with Gasteiger partial charge in [-0.2, -0.15) is 0 Å². The number of ether oxygens (including phenoxy) is 1. The van der Waals surface area contributed by atoms with Gasteiger partial charge >= 0.3 is 0 Å². The van der Waals surface area contributed by atoms with Crippen LogP contribution < -0.4 is 4.74 Å². The van der Waals surface area contributed by atoms with Crippen molar-refractivity contribution in [3.8, 4) is 5.75 Å². The Morgan fingerprint density at radius 1 is 1.17 bits per heavy atom. The van der Waals surface area contributed by atoms with E-state index in [-0.39, 0.29) is 11.3 Å². The molecule has 0 amide bonds. The number of methoxy groups -OCH3 is 1. The fourth-order valence-electron chi connectivity index (χ4n) is 2.01. The number of fused-ring (bicyclic) bond motifs is 1. The number of benzene rings is 1. The molecule has 0 aliphatic rings. The summed E-state index contributed by atoms with van der Waals surface area (Å²) in [6, 6.07) is 1.08. The summed E-state index contributed by atoms with van der Waals surface area (Å²) in [6.45, 7) is 7.61. The molecular weight excluding hydrogens is 236 g/mol. The van der Waals surface area contributed by atoms with Crippen molar-refractivity contribution in [2.75, 3.05) is 7.11 Å². The average molecular weight is 255 g/mol. The summed E-state index contributed by atoms with van der Waals surface area (Å²) in [7, 11) is 3.05. The quantitative estimate of drug-likeness (QED) is 0.748. The fraction of sp³-hybridized carbons (Fsp3) is 0.429. The molecule has 2 rings (SSSR count). The molecule has 4 heteroatoms. The molecule has 0 aliphatic carbocycles. The smallest absolute Gasteiger partial charge is 0.174 e. The van der Waals surface area contributed by atoms with Gasteiger partial charge in [-0.25, -0.2) is 8.78 Å². The molecule has 0 saturated heterocycles. The van der Waals surface area contributed by atoms with Gasteiger partial charge in [0.1, 0.15) is 0 Å². The topological polar surface area (TPSA) is 14.2 Å². The predicted molar refractivity (Wildman–Crippen MR) is 70.2 cm³/mol. The van der Waals surface area contributed by atoms with Crippen LogP contribution in [0, 0.1) is 25.5 Å². The number of nitrogens with zero attached hydrogens (tertiary/aromatic N) is 1. The molecular formula is C14H19F2NO. The molecule has 0 radical (unpaired) electrons. The van der Waals surface area contributed by atoms with Crippen LogP contribution in [-0.2, 0) is 7.05 Å². The van der Waals surface area contributed by atoms with E-state index in [1.54, 1.807) is 18.5 Å². The van der Waals surface area contributed by atoms with E-state index in [0.717, 1.165) is 17.3 Å². The molecule has 1 heterocycles. The van der Waals surface area contributed by atoms with E-state index in [4.69, 9.17) is 4.74 Å². The van der Waals surface area contributed by atoms with E-state index in [9.17, 15) is 8.78 Å². The molecule has 0 N–H and O–H groups in total. The van der Waals surface area contributed by atoms with Crippen molar-refractivity contribution in [2.45, 2.75) is 27.7 Å². The maximum Gasteiger partial charge on any atom is 0.174 e. The molecule has 2 aromatic rings. The first kappa shape index (κ1) is 14.5. The Bertz CT molecular complexity index is 573. The molecule has 100 valence electrons. The van der Waals surface area contributed by atoms with Gasteiger partial charge in [-0.3, -0.25) is 0 Å². The van der Waals surface area contributed by atoms with Crippen LogP contribution >= 0.6 is 0 Å². The lowest BCUT2D eigenvalue weighted by molar-refractivity contribution is 0.385. The SMILES string of the molecule is CC.COc1cc(F)c2c(c(C)c(C)n2C)c1F. The minimum atomic E-state index is -0.500. The molecule has 0 atom stereocenters. The summed E-state index contributed by atoms with van der Waals surface area (Å²) in [5, 5.41) is 0.303. The maximum atomic E-state index is 14.0. The number of hydrogen-bond donors (Lipinski definition) is 0. The zero-order chi connectivity index (χ0) is 14.0. The van der Waals surface area contributed by atoms with Crippen LogP contribution in [0.2, 0.25) is 0 Å². The zero-order valence-corrected chi connectivity index (χ0v) is 11.7. The minimum absolute atomic E-state index is 0.0568. The summed E-state index contributed by atoms with van der Waals surface area (Å²) < 4.78 is 34.3. The minimum Gasteiger partial charge on any atom is -0.494 e. The normalized spacial score (nSPS) is 10.2. The van der Waals surface area contributed by atoms with E-state index < -0.39 is 11.6 Å². The van der Waals surface area contributed by atoms with Crippen LogP contribution in [0.5, 0.6) is 5.75 Å². The molecule has 1 aromatic carbocycles. The Labute approximate surface area is 106 Å². The first-order valence-electron chi connectivity index (χ1n) is 5.96. The number of halogens is 2. The highest BCUT2D eigenvalue weighted by Crippen LogP contribution is 2.33. The average Bonchev–Trinajstić information content (AvgIpc) is 2.61.